The second-order valence-corrected chi connectivity index (χ2v) is 6.95. The minimum Gasteiger partial charge on any atom is -0.348 e. The average Bonchev–Trinajstić information content (AvgIpc) is 3.17. The van der Waals surface area contributed by atoms with Gasteiger partial charge in [-0.25, -0.2) is 4.79 Å². The lowest BCUT2D eigenvalue weighted by molar-refractivity contribution is 0.0951. The van der Waals surface area contributed by atoms with Crippen LogP contribution in [0.1, 0.15) is 28.8 Å². The van der Waals surface area contributed by atoms with Gasteiger partial charge in [0.1, 0.15) is 0 Å². The molecular formula is C19H19Cl2N3O2. The van der Waals surface area contributed by atoms with E-state index in [0.717, 1.165) is 31.5 Å². The molecule has 3 rings (SSSR count). The predicted octanol–water partition coefficient (Wildman–Crippen LogP) is 4.55. The first-order valence-corrected chi connectivity index (χ1v) is 9.16. The van der Waals surface area contributed by atoms with Crippen molar-refractivity contribution in [3.63, 3.8) is 0 Å². The molecule has 2 aromatic rings. The fraction of sp³-hybridized carbons (Fsp3) is 0.263. The summed E-state index contributed by atoms with van der Waals surface area (Å²) in [6.07, 6.45) is 2.10. The largest absolute Gasteiger partial charge is 0.348 e. The molecule has 1 aliphatic heterocycles. The van der Waals surface area contributed by atoms with Crippen LogP contribution in [0.25, 0.3) is 0 Å². The first-order valence-electron chi connectivity index (χ1n) is 8.41. The van der Waals surface area contributed by atoms with Crippen LogP contribution in [0.4, 0.5) is 10.5 Å². The van der Waals surface area contributed by atoms with Gasteiger partial charge in [0, 0.05) is 30.9 Å². The highest BCUT2D eigenvalue weighted by molar-refractivity contribution is 6.42. The van der Waals surface area contributed by atoms with Crippen molar-refractivity contribution in [2.75, 3.05) is 18.4 Å². The Morgan fingerprint density at radius 3 is 2.50 bits per heavy atom. The minimum absolute atomic E-state index is 0.0838. The van der Waals surface area contributed by atoms with Crippen molar-refractivity contribution in [3.8, 4) is 0 Å². The summed E-state index contributed by atoms with van der Waals surface area (Å²) < 4.78 is 0. The van der Waals surface area contributed by atoms with Crippen LogP contribution in [-0.4, -0.2) is 29.9 Å². The first-order chi connectivity index (χ1) is 12.5. The van der Waals surface area contributed by atoms with Crippen LogP contribution in [0.15, 0.2) is 42.5 Å². The third-order valence-electron chi connectivity index (χ3n) is 4.21. The molecule has 1 saturated heterocycles. The number of anilines is 1. The molecule has 0 bridgehead atoms. The number of benzene rings is 2. The van der Waals surface area contributed by atoms with Crippen molar-refractivity contribution in [2.45, 2.75) is 19.4 Å². The Morgan fingerprint density at radius 2 is 1.77 bits per heavy atom. The van der Waals surface area contributed by atoms with Gasteiger partial charge < -0.3 is 15.5 Å². The summed E-state index contributed by atoms with van der Waals surface area (Å²) in [6.45, 7) is 1.93. The van der Waals surface area contributed by atoms with E-state index in [9.17, 15) is 9.59 Å². The molecule has 0 radical (unpaired) electrons. The molecule has 0 aromatic heterocycles. The van der Waals surface area contributed by atoms with Gasteiger partial charge in [-0.1, -0.05) is 35.3 Å². The van der Waals surface area contributed by atoms with Crippen LogP contribution < -0.4 is 10.6 Å². The Morgan fingerprint density at radius 1 is 1.00 bits per heavy atom. The smallest absolute Gasteiger partial charge is 0.321 e. The zero-order chi connectivity index (χ0) is 18.5. The van der Waals surface area contributed by atoms with E-state index in [-0.39, 0.29) is 11.9 Å². The summed E-state index contributed by atoms with van der Waals surface area (Å²) in [5.74, 6) is -0.241. The van der Waals surface area contributed by atoms with E-state index >= 15 is 0 Å². The van der Waals surface area contributed by atoms with E-state index in [1.54, 1.807) is 17.0 Å². The second kappa shape index (κ2) is 8.43. The number of amides is 3. The van der Waals surface area contributed by atoms with E-state index in [0.29, 0.717) is 27.8 Å². The van der Waals surface area contributed by atoms with E-state index < -0.39 is 0 Å². The van der Waals surface area contributed by atoms with Gasteiger partial charge in [-0.3, -0.25) is 4.79 Å². The third kappa shape index (κ3) is 4.68. The molecule has 0 unspecified atom stereocenters. The monoisotopic (exact) mass is 391 g/mol. The number of carbonyl (C=O) groups is 2. The topological polar surface area (TPSA) is 61.4 Å². The molecule has 1 aliphatic rings. The lowest BCUT2D eigenvalue weighted by Crippen LogP contribution is -2.32. The van der Waals surface area contributed by atoms with Crippen LogP contribution in [0.3, 0.4) is 0 Å². The Kier molecular flexibility index (Phi) is 6.01. The predicted molar refractivity (Wildman–Crippen MR) is 104 cm³/mol. The van der Waals surface area contributed by atoms with Crippen LogP contribution in [-0.2, 0) is 6.54 Å². The van der Waals surface area contributed by atoms with Gasteiger partial charge in [0.2, 0.25) is 0 Å². The summed E-state index contributed by atoms with van der Waals surface area (Å²) in [4.78, 5) is 26.2. The molecule has 136 valence electrons. The lowest BCUT2D eigenvalue weighted by atomic mass is 10.1. The zero-order valence-corrected chi connectivity index (χ0v) is 15.6. The Balaban J connectivity index is 1.58. The molecule has 5 nitrogen and oxygen atoms in total. The third-order valence-corrected chi connectivity index (χ3v) is 4.95. The number of rotatable bonds is 4. The number of halogens is 2. The summed E-state index contributed by atoms with van der Waals surface area (Å²) in [5, 5.41) is 6.48. The summed E-state index contributed by atoms with van der Waals surface area (Å²) >= 11 is 11.8. The fourth-order valence-electron chi connectivity index (χ4n) is 2.80. The maximum Gasteiger partial charge on any atom is 0.321 e. The summed E-state index contributed by atoms with van der Waals surface area (Å²) in [6, 6.07) is 12.1. The molecule has 0 saturated carbocycles. The van der Waals surface area contributed by atoms with Gasteiger partial charge in [0.25, 0.3) is 5.91 Å². The molecular weight excluding hydrogens is 373 g/mol. The number of hydrogen-bond acceptors (Lipinski definition) is 2. The van der Waals surface area contributed by atoms with Gasteiger partial charge >= 0.3 is 6.03 Å². The quantitative estimate of drug-likeness (QED) is 0.802. The highest BCUT2D eigenvalue weighted by Crippen LogP contribution is 2.22. The Hall–Kier alpha value is -2.24. The fourth-order valence-corrected chi connectivity index (χ4v) is 3.10. The minimum atomic E-state index is -0.241. The van der Waals surface area contributed by atoms with Crippen LogP contribution in [0.5, 0.6) is 0 Å². The standard InChI is InChI=1S/C19H19Cl2N3O2/c20-16-7-6-14(11-17(16)21)18(25)22-12-13-4-3-5-15(10-13)23-19(26)24-8-1-2-9-24/h3-7,10-11H,1-2,8-9,12H2,(H,22,25)(H,23,26). The number of nitrogens with zero attached hydrogens (tertiary/aromatic N) is 1. The van der Waals surface area contributed by atoms with Crippen LogP contribution in [0, 0.1) is 0 Å². The van der Waals surface area contributed by atoms with Crippen molar-refractivity contribution >= 4 is 40.8 Å². The summed E-state index contributed by atoms with van der Waals surface area (Å²) in [7, 11) is 0. The van der Waals surface area contributed by atoms with Crippen LogP contribution >= 0.6 is 23.2 Å². The number of likely N-dealkylation sites (tertiary alicyclic amines) is 1. The molecule has 7 heteroatoms. The van der Waals surface area contributed by atoms with Gasteiger partial charge in [-0.2, -0.15) is 0 Å². The van der Waals surface area contributed by atoms with Gasteiger partial charge in [0.05, 0.1) is 10.0 Å². The molecule has 1 heterocycles. The van der Waals surface area contributed by atoms with Crippen molar-refractivity contribution in [1.29, 1.82) is 0 Å². The van der Waals surface area contributed by atoms with Crippen molar-refractivity contribution in [1.82, 2.24) is 10.2 Å². The molecule has 3 amide bonds. The molecule has 0 atom stereocenters. The van der Waals surface area contributed by atoms with Crippen molar-refractivity contribution in [2.24, 2.45) is 0 Å². The Labute approximate surface area is 162 Å². The van der Waals surface area contributed by atoms with E-state index in [1.165, 1.54) is 6.07 Å². The lowest BCUT2D eigenvalue weighted by Gasteiger charge is -2.16. The van der Waals surface area contributed by atoms with E-state index in [4.69, 9.17) is 23.2 Å². The van der Waals surface area contributed by atoms with Crippen LogP contribution in [0.2, 0.25) is 10.0 Å². The molecule has 2 aromatic carbocycles. The van der Waals surface area contributed by atoms with Gasteiger partial charge in [-0.15, -0.1) is 0 Å². The number of urea groups is 1. The highest BCUT2D eigenvalue weighted by atomic mass is 35.5. The second-order valence-electron chi connectivity index (χ2n) is 6.14. The van der Waals surface area contributed by atoms with Gasteiger partial charge in [-0.05, 0) is 48.7 Å². The highest BCUT2D eigenvalue weighted by Gasteiger charge is 2.17. The molecule has 1 fully saturated rings. The van der Waals surface area contributed by atoms with Gasteiger partial charge in [0.15, 0.2) is 0 Å². The SMILES string of the molecule is O=C(NCc1cccc(NC(=O)N2CCCC2)c1)c1ccc(Cl)c(Cl)c1. The maximum atomic E-state index is 12.2. The number of nitrogens with one attached hydrogen (secondary N) is 2. The first kappa shape index (κ1) is 18.5. The Bertz CT molecular complexity index is 820. The van der Waals surface area contributed by atoms with Crippen molar-refractivity contribution < 1.29 is 9.59 Å². The summed E-state index contributed by atoms with van der Waals surface area (Å²) in [5.41, 5.74) is 2.04. The van der Waals surface area contributed by atoms with E-state index in [2.05, 4.69) is 10.6 Å². The number of carbonyl (C=O) groups excluding carboxylic acids is 2. The zero-order valence-electron chi connectivity index (χ0n) is 14.1. The van der Waals surface area contributed by atoms with E-state index in [1.807, 2.05) is 24.3 Å². The molecule has 0 spiro atoms. The average molecular weight is 392 g/mol. The number of hydrogen-bond donors (Lipinski definition) is 2. The normalized spacial score (nSPS) is 13.5. The molecule has 26 heavy (non-hydrogen) atoms. The van der Waals surface area contributed by atoms with Crippen molar-refractivity contribution in [3.05, 3.63) is 63.6 Å². The molecule has 0 aliphatic carbocycles. The molecule has 2 N–H and O–H groups in total. The maximum absolute atomic E-state index is 12.2.